The second-order valence-corrected chi connectivity index (χ2v) is 6.87. The maximum absolute atomic E-state index is 12.4. The molecule has 4 rings (SSSR count). The fourth-order valence-electron chi connectivity index (χ4n) is 3.45. The van der Waals surface area contributed by atoms with Crippen LogP contribution in [0.4, 0.5) is 5.95 Å². The highest BCUT2D eigenvalue weighted by molar-refractivity contribution is 5.92. The first kappa shape index (κ1) is 18.7. The van der Waals surface area contributed by atoms with Gasteiger partial charge in [0.05, 0.1) is 12.7 Å². The molecule has 1 aliphatic heterocycles. The number of anilines is 1. The van der Waals surface area contributed by atoms with Crippen LogP contribution in [0.3, 0.4) is 0 Å². The Kier molecular flexibility index (Phi) is 5.03. The lowest BCUT2D eigenvalue weighted by atomic mass is 9.96. The average Bonchev–Trinajstić information content (AvgIpc) is 3.20. The van der Waals surface area contributed by atoms with E-state index in [-0.39, 0.29) is 0 Å². The van der Waals surface area contributed by atoms with Crippen molar-refractivity contribution in [1.29, 1.82) is 0 Å². The Morgan fingerprint density at radius 3 is 2.62 bits per heavy atom. The maximum Gasteiger partial charge on any atom is 0.338 e. The number of rotatable bonds is 5. The van der Waals surface area contributed by atoms with E-state index < -0.39 is 12.0 Å². The van der Waals surface area contributed by atoms with Gasteiger partial charge in [0, 0.05) is 5.70 Å². The minimum atomic E-state index is -0.424. The standard InChI is InChI=1S/C22H22N4O3/c1-14-6-4-5-7-17(14)12-29-18-10-8-16(9-11-18)20-19(21(27)28-3)15(2)25-22-23-13-24-26(20)22/h4-11,13,20H,12H2,1-3H3,(H,23,24,25). The molecule has 7 heteroatoms. The maximum atomic E-state index is 12.4. The van der Waals surface area contributed by atoms with Gasteiger partial charge in [0.1, 0.15) is 24.7 Å². The fraction of sp³-hybridized carbons (Fsp3) is 0.227. The quantitative estimate of drug-likeness (QED) is 0.671. The number of carbonyl (C=O) groups is 1. The summed E-state index contributed by atoms with van der Waals surface area (Å²) in [4.78, 5) is 16.7. The molecule has 0 aliphatic carbocycles. The van der Waals surface area contributed by atoms with Crippen LogP contribution in [0.25, 0.3) is 0 Å². The number of hydrogen-bond donors (Lipinski definition) is 1. The summed E-state index contributed by atoms with van der Waals surface area (Å²) in [6.07, 6.45) is 1.46. The molecule has 0 spiro atoms. The van der Waals surface area contributed by atoms with Crippen molar-refractivity contribution < 1.29 is 14.3 Å². The number of aryl methyl sites for hydroxylation is 1. The molecule has 7 nitrogen and oxygen atoms in total. The van der Waals surface area contributed by atoms with Gasteiger partial charge in [0.25, 0.3) is 0 Å². The van der Waals surface area contributed by atoms with Crippen LogP contribution in [0.15, 0.2) is 66.1 Å². The monoisotopic (exact) mass is 390 g/mol. The summed E-state index contributed by atoms with van der Waals surface area (Å²) in [5, 5.41) is 7.40. The summed E-state index contributed by atoms with van der Waals surface area (Å²) in [5.41, 5.74) is 4.43. The lowest BCUT2D eigenvalue weighted by Gasteiger charge is -2.28. The van der Waals surface area contributed by atoms with Gasteiger partial charge < -0.3 is 14.8 Å². The van der Waals surface area contributed by atoms with E-state index in [4.69, 9.17) is 9.47 Å². The molecular weight excluding hydrogens is 368 g/mol. The van der Waals surface area contributed by atoms with Crippen molar-refractivity contribution in [3.05, 3.63) is 82.8 Å². The molecule has 1 unspecified atom stereocenters. The number of nitrogens with zero attached hydrogens (tertiary/aromatic N) is 3. The van der Waals surface area contributed by atoms with E-state index in [1.807, 2.05) is 43.3 Å². The van der Waals surface area contributed by atoms with E-state index in [0.717, 1.165) is 16.9 Å². The van der Waals surface area contributed by atoms with Crippen LogP contribution in [0.2, 0.25) is 0 Å². The Bertz CT molecular complexity index is 1070. The van der Waals surface area contributed by atoms with Crippen molar-refractivity contribution in [3.8, 4) is 5.75 Å². The molecule has 0 fully saturated rings. The van der Waals surface area contributed by atoms with E-state index in [0.29, 0.717) is 23.8 Å². The van der Waals surface area contributed by atoms with Gasteiger partial charge in [-0.1, -0.05) is 36.4 Å². The third-order valence-corrected chi connectivity index (χ3v) is 5.05. The number of aromatic nitrogens is 3. The number of esters is 1. The first-order valence-corrected chi connectivity index (χ1v) is 9.31. The minimum Gasteiger partial charge on any atom is -0.489 e. The van der Waals surface area contributed by atoms with Crippen molar-refractivity contribution in [2.45, 2.75) is 26.5 Å². The number of fused-ring (bicyclic) bond motifs is 1. The number of benzene rings is 2. The summed E-state index contributed by atoms with van der Waals surface area (Å²) >= 11 is 0. The number of methoxy groups -OCH3 is 1. The molecule has 3 aromatic rings. The lowest BCUT2D eigenvalue weighted by Crippen LogP contribution is -2.29. The molecular formula is C22H22N4O3. The smallest absolute Gasteiger partial charge is 0.338 e. The zero-order valence-corrected chi connectivity index (χ0v) is 16.5. The van der Waals surface area contributed by atoms with E-state index in [1.165, 1.54) is 19.0 Å². The van der Waals surface area contributed by atoms with Crippen LogP contribution in [-0.4, -0.2) is 27.8 Å². The molecule has 0 radical (unpaired) electrons. The predicted molar refractivity (Wildman–Crippen MR) is 108 cm³/mol. The molecule has 1 atom stereocenters. The molecule has 0 bridgehead atoms. The molecule has 1 aliphatic rings. The molecule has 1 N–H and O–H groups in total. The second kappa shape index (κ2) is 7.79. The van der Waals surface area contributed by atoms with Crippen molar-refractivity contribution in [3.63, 3.8) is 0 Å². The molecule has 0 saturated carbocycles. The Balaban J connectivity index is 1.60. The number of carbonyl (C=O) groups excluding carboxylic acids is 1. The fourth-order valence-corrected chi connectivity index (χ4v) is 3.45. The number of allylic oxidation sites excluding steroid dienone is 1. The van der Waals surface area contributed by atoms with Gasteiger partial charge in [-0.3, -0.25) is 0 Å². The van der Waals surface area contributed by atoms with Crippen LogP contribution in [0, 0.1) is 6.92 Å². The summed E-state index contributed by atoms with van der Waals surface area (Å²) in [5.74, 6) is 0.936. The number of hydrogen-bond acceptors (Lipinski definition) is 6. The molecule has 148 valence electrons. The number of nitrogens with one attached hydrogen (secondary N) is 1. The highest BCUT2D eigenvalue weighted by Crippen LogP contribution is 2.35. The topological polar surface area (TPSA) is 78.3 Å². The highest BCUT2D eigenvalue weighted by Gasteiger charge is 2.33. The molecule has 29 heavy (non-hydrogen) atoms. The van der Waals surface area contributed by atoms with Gasteiger partial charge in [-0.05, 0) is 42.7 Å². The molecule has 2 heterocycles. The van der Waals surface area contributed by atoms with Gasteiger partial charge >= 0.3 is 5.97 Å². The average molecular weight is 390 g/mol. The summed E-state index contributed by atoms with van der Waals surface area (Å²) in [7, 11) is 1.37. The Labute approximate surface area is 169 Å². The summed E-state index contributed by atoms with van der Waals surface area (Å²) in [6.45, 7) is 4.40. The largest absolute Gasteiger partial charge is 0.489 e. The highest BCUT2D eigenvalue weighted by atomic mass is 16.5. The first-order valence-electron chi connectivity index (χ1n) is 9.31. The zero-order chi connectivity index (χ0) is 20.4. The van der Waals surface area contributed by atoms with Crippen molar-refractivity contribution >= 4 is 11.9 Å². The third-order valence-electron chi connectivity index (χ3n) is 5.05. The predicted octanol–water partition coefficient (Wildman–Crippen LogP) is 3.63. The van der Waals surface area contributed by atoms with E-state index in [1.54, 1.807) is 4.68 Å². The van der Waals surface area contributed by atoms with Crippen molar-refractivity contribution in [2.75, 3.05) is 12.4 Å². The Morgan fingerprint density at radius 1 is 1.14 bits per heavy atom. The van der Waals surface area contributed by atoms with Crippen molar-refractivity contribution in [1.82, 2.24) is 14.8 Å². The van der Waals surface area contributed by atoms with Crippen molar-refractivity contribution in [2.24, 2.45) is 0 Å². The number of ether oxygens (including phenoxy) is 2. The van der Waals surface area contributed by atoms with Gasteiger partial charge in [-0.15, -0.1) is 0 Å². The lowest BCUT2D eigenvalue weighted by molar-refractivity contribution is -0.136. The van der Waals surface area contributed by atoms with E-state index in [9.17, 15) is 4.79 Å². The van der Waals surface area contributed by atoms with Crippen LogP contribution < -0.4 is 10.1 Å². The van der Waals surface area contributed by atoms with Gasteiger partial charge in [0.15, 0.2) is 0 Å². The molecule has 0 amide bonds. The first-order chi connectivity index (χ1) is 14.1. The minimum absolute atomic E-state index is 0.402. The Morgan fingerprint density at radius 2 is 1.90 bits per heavy atom. The normalized spacial score (nSPS) is 15.5. The summed E-state index contributed by atoms with van der Waals surface area (Å²) < 4.78 is 12.6. The molecule has 0 saturated heterocycles. The SMILES string of the molecule is COC(=O)C1=C(C)Nc2ncnn2C1c1ccc(OCc2ccccc2C)cc1. The van der Waals surface area contributed by atoms with Gasteiger partial charge in [-0.25, -0.2) is 9.48 Å². The Hall–Kier alpha value is -3.61. The van der Waals surface area contributed by atoms with Gasteiger partial charge in [0.2, 0.25) is 5.95 Å². The molecule has 2 aromatic carbocycles. The van der Waals surface area contributed by atoms with Crippen LogP contribution in [-0.2, 0) is 16.1 Å². The second-order valence-electron chi connectivity index (χ2n) is 6.87. The summed E-state index contributed by atoms with van der Waals surface area (Å²) in [6, 6.07) is 15.4. The molecule has 1 aromatic heterocycles. The van der Waals surface area contributed by atoms with Gasteiger partial charge in [-0.2, -0.15) is 10.1 Å². The third kappa shape index (κ3) is 3.59. The van der Waals surface area contributed by atoms with Crippen LogP contribution in [0.1, 0.15) is 29.7 Å². The zero-order valence-electron chi connectivity index (χ0n) is 16.5. The van der Waals surface area contributed by atoms with Crippen LogP contribution >= 0.6 is 0 Å². The van der Waals surface area contributed by atoms with E-state index >= 15 is 0 Å². The van der Waals surface area contributed by atoms with Crippen LogP contribution in [0.5, 0.6) is 5.75 Å². The van der Waals surface area contributed by atoms with E-state index in [2.05, 4.69) is 34.5 Å².